The molecular formula is C26H23ClN2O7S3+2. The predicted octanol–water partition coefficient (Wildman–Crippen LogP) is 4.71. The first kappa shape index (κ1) is 26.4. The first-order chi connectivity index (χ1) is 18.5. The number of fused-ring (bicyclic) bond motifs is 3. The van der Waals surface area contributed by atoms with Crippen molar-refractivity contribution in [2.24, 2.45) is 0 Å². The first-order valence-corrected chi connectivity index (χ1v) is 16.3. The van der Waals surface area contributed by atoms with Gasteiger partial charge in [0.25, 0.3) is 20.5 Å². The molecule has 2 unspecified atom stereocenters. The highest BCUT2D eigenvalue weighted by Crippen LogP contribution is 2.56. The second-order valence-corrected chi connectivity index (χ2v) is 14.1. The van der Waals surface area contributed by atoms with Gasteiger partial charge in [-0.2, -0.15) is 25.9 Å². The highest BCUT2D eigenvalue weighted by atomic mass is 35.5. The molecule has 1 saturated heterocycles. The van der Waals surface area contributed by atoms with Gasteiger partial charge in [0.2, 0.25) is 5.52 Å². The maximum atomic E-state index is 12.4. The molecule has 3 heterocycles. The normalized spacial score (nSPS) is 21.4. The van der Waals surface area contributed by atoms with E-state index in [9.17, 15) is 25.9 Å². The number of hydrogen-bond acceptors (Lipinski definition) is 6. The van der Waals surface area contributed by atoms with E-state index in [1.54, 1.807) is 24.3 Å². The average Bonchev–Trinajstić information content (AvgIpc) is 3.47. The Kier molecular flexibility index (Phi) is 6.34. The Bertz CT molecular complexity index is 1870. The minimum Gasteiger partial charge on any atom is -0.406 e. The van der Waals surface area contributed by atoms with Crippen LogP contribution < -0.4 is 13.8 Å². The van der Waals surface area contributed by atoms with Crippen molar-refractivity contribution in [1.29, 1.82) is 0 Å². The lowest BCUT2D eigenvalue weighted by Crippen LogP contribution is -2.37. The van der Waals surface area contributed by atoms with Crippen LogP contribution in [-0.2, 0) is 26.8 Å². The van der Waals surface area contributed by atoms with Crippen molar-refractivity contribution in [1.82, 2.24) is 4.48 Å². The molecule has 4 aromatic rings. The van der Waals surface area contributed by atoms with E-state index in [4.69, 9.17) is 16.3 Å². The molecule has 0 radical (unpaired) electrons. The number of aryl methyl sites for hydroxylation is 1. The highest BCUT2D eigenvalue weighted by molar-refractivity contribution is 7.86. The van der Waals surface area contributed by atoms with Gasteiger partial charge >= 0.3 is 16.0 Å². The summed E-state index contributed by atoms with van der Waals surface area (Å²) in [6, 6.07) is 20.6. The summed E-state index contributed by atoms with van der Waals surface area (Å²) < 4.78 is 75.4. The summed E-state index contributed by atoms with van der Waals surface area (Å²) in [5, 5.41) is 0.0573. The van der Waals surface area contributed by atoms with E-state index in [2.05, 4.69) is 0 Å². The SMILES string of the molecule is O=S(=O)(O)CCC[n+]1c(C=C2Oc3ccc(-c4ccccc4)cc3[N+]23CC3S(=O)(=O)O)sc2ccc(Cl)cc21. The van der Waals surface area contributed by atoms with Crippen molar-refractivity contribution in [2.75, 3.05) is 12.3 Å². The van der Waals surface area contributed by atoms with Gasteiger partial charge in [0.05, 0.1) is 5.75 Å². The molecule has 202 valence electrons. The molecule has 0 aliphatic carbocycles. The smallest absolute Gasteiger partial charge is 0.326 e. The van der Waals surface area contributed by atoms with Crippen LogP contribution in [0.5, 0.6) is 5.75 Å². The number of rotatable bonds is 7. The van der Waals surface area contributed by atoms with E-state index >= 15 is 0 Å². The summed E-state index contributed by atoms with van der Waals surface area (Å²) >= 11 is 7.65. The number of hydrogen-bond donors (Lipinski definition) is 2. The summed E-state index contributed by atoms with van der Waals surface area (Å²) in [6.07, 6.45) is 1.88. The maximum Gasteiger partial charge on any atom is 0.326 e. The lowest BCUT2D eigenvalue weighted by atomic mass is 10.0. The summed E-state index contributed by atoms with van der Waals surface area (Å²) in [4.78, 5) is 0. The lowest BCUT2D eigenvalue weighted by molar-refractivity contribution is -0.668. The summed E-state index contributed by atoms with van der Waals surface area (Å²) in [6.45, 7) is 0.363. The van der Waals surface area contributed by atoms with Crippen molar-refractivity contribution in [3.05, 3.63) is 82.6 Å². The van der Waals surface area contributed by atoms with Crippen LogP contribution in [0.2, 0.25) is 5.02 Å². The third kappa shape index (κ3) is 4.86. The molecule has 6 rings (SSSR count). The zero-order chi connectivity index (χ0) is 27.6. The summed E-state index contributed by atoms with van der Waals surface area (Å²) in [5.41, 5.74) is 3.24. The molecule has 2 aliphatic heterocycles. The zero-order valence-corrected chi connectivity index (χ0v) is 23.5. The molecule has 2 aliphatic rings. The van der Waals surface area contributed by atoms with Crippen molar-refractivity contribution in [2.45, 2.75) is 18.3 Å². The van der Waals surface area contributed by atoms with E-state index in [1.807, 2.05) is 53.1 Å². The van der Waals surface area contributed by atoms with E-state index < -0.39 is 31.4 Å². The van der Waals surface area contributed by atoms with Gasteiger partial charge in [-0.1, -0.05) is 59.3 Å². The van der Waals surface area contributed by atoms with E-state index in [1.165, 1.54) is 11.3 Å². The molecule has 2 N–H and O–H groups in total. The van der Waals surface area contributed by atoms with Crippen LogP contribution in [-0.4, -0.2) is 43.6 Å². The maximum absolute atomic E-state index is 12.4. The van der Waals surface area contributed by atoms with Crippen LogP contribution >= 0.6 is 22.9 Å². The topological polar surface area (TPSA) is 122 Å². The molecule has 9 nitrogen and oxygen atoms in total. The number of aromatic nitrogens is 1. The summed E-state index contributed by atoms with van der Waals surface area (Å²) in [7, 11) is -8.54. The van der Waals surface area contributed by atoms with Gasteiger partial charge in [-0.05, 0) is 29.3 Å². The van der Waals surface area contributed by atoms with E-state index in [-0.39, 0.29) is 24.0 Å². The average molecular weight is 607 g/mol. The fourth-order valence-corrected chi connectivity index (χ4v) is 7.96. The van der Waals surface area contributed by atoms with E-state index in [0.29, 0.717) is 27.4 Å². The largest absolute Gasteiger partial charge is 0.406 e. The lowest BCUT2D eigenvalue weighted by Gasteiger charge is -2.11. The van der Waals surface area contributed by atoms with Gasteiger partial charge in [-0.15, -0.1) is 0 Å². The van der Waals surface area contributed by atoms with Crippen LogP contribution in [0.25, 0.3) is 27.4 Å². The van der Waals surface area contributed by atoms with Crippen molar-refractivity contribution in [3.63, 3.8) is 0 Å². The Balaban J connectivity index is 1.47. The molecule has 2 atom stereocenters. The van der Waals surface area contributed by atoms with Crippen LogP contribution in [0.4, 0.5) is 5.69 Å². The minimum atomic E-state index is -4.40. The molecule has 0 saturated carbocycles. The number of ether oxygens (including phenoxy) is 1. The van der Waals surface area contributed by atoms with Crippen molar-refractivity contribution >= 4 is 65.2 Å². The Morgan fingerprint density at radius 1 is 1.03 bits per heavy atom. The predicted molar refractivity (Wildman–Crippen MR) is 151 cm³/mol. The Labute approximate surface area is 234 Å². The second-order valence-electron chi connectivity index (χ2n) is 9.50. The van der Waals surface area contributed by atoms with Crippen LogP contribution in [0.1, 0.15) is 11.4 Å². The van der Waals surface area contributed by atoms with Crippen molar-refractivity contribution < 1.29 is 35.2 Å². The first-order valence-electron chi connectivity index (χ1n) is 12.0. The molecule has 0 bridgehead atoms. The molecule has 1 aromatic heterocycles. The molecule has 1 spiro atoms. The van der Waals surface area contributed by atoms with Gasteiger partial charge in [-0.25, -0.2) is 0 Å². The van der Waals surface area contributed by atoms with Gasteiger partial charge in [0.15, 0.2) is 24.5 Å². The number of quaternary nitrogens is 1. The fourth-order valence-electron chi connectivity index (χ4n) is 5.11. The summed E-state index contributed by atoms with van der Waals surface area (Å²) in [5.74, 6) is 0.413. The standard InChI is InChI=1S/C26H21ClN2O7S3/c27-19-8-10-23-20(14-19)28(11-4-12-38(30,31)32)24(37-23)15-25-29(16-26(29)39(33,34)35)21-13-18(7-9-22(21)36-25)17-5-2-1-3-6-17/h1-3,5-10,13-15,26H,4,11-12,16H2/p+2. The monoisotopic (exact) mass is 606 g/mol. The molecule has 0 amide bonds. The van der Waals surface area contributed by atoms with Crippen LogP contribution in [0.3, 0.4) is 0 Å². The quantitative estimate of drug-likeness (QED) is 0.135. The number of nitrogens with zero attached hydrogens (tertiary/aromatic N) is 2. The van der Waals surface area contributed by atoms with Gasteiger partial charge in [0.1, 0.15) is 10.8 Å². The van der Waals surface area contributed by atoms with Gasteiger partial charge in [-0.3, -0.25) is 9.11 Å². The number of thiazole rings is 1. The van der Waals surface area contributed by atoms with Crippen molar-refractivity contribution in [3.8, 4) is 16.9 Å². The molecular weight excluding hydrogens is 584 g/mol. The number of benzene rings is 3. The van der Waals surface area contributed by atoms with Crippen LogP contribution in [0, 0.1) is 0 Å². The number of halogens is 1. The molecule has 3 aromatic carbocycles. The Morgan fingerprint density at radius 3 is 2.49 bits per heavy atom. The fraction of sp³-hybridized carbons (Fsp3) is 0.192. The van der Waals surface area contributed by atoms with Crippen LogP contribution in [0.15, 0.2) is 72.6 Å². The molecule has 39 heavy (non-hydrogen) atoms. The van der Waals surface area contributed by atoms with E-state index in [0.717, 1.165) is 21.3 Å². The third-order valence-electron chi connectivity index (χ3n) is 6.97. The highest BCUT2D eigenvalue weighted by Gasteiger charge is 2.72. The molecule has 1 fully saturated rings. The zero-order valence-electron chi connectivity index (χ0n) is 20.3. The van der Waals surface area contributed by atoms with Gasteiger partial charge < -0.3 is 4.74 Å². The Morgan fingerprint density at radius 2 is 1.79 bits per heavy atom. The van der Waals surface area contributed by atoms with Gasteiger partial charge in [0, 0.05) is 23.6 Å². The molecule has 13 heteroatoms. The third-order valence-corrected chi connectivity index (χ3v) is 10.3. The Hall–Kier alpha value is -2.84. The minimum absolute atomic E-state index is 0.107. The second kappa shape index (κ2) is 9.37.